The normalized spacial score (nSPS) is 18.3. The van der Waals surface area contributed by atoms with Crippen molar-refractivity contribution in [2.24, 2.45) is 0 Å². The molecule has 2 saturated heterocycles. The smallest absolute Gasteiger partial charge is 0.244 e. The molecular formula is C22H30N4O4. The van der Waals surface area contributed by atoms with E-state index in [1.54, 1.807) is 4.90 Å². The first-order valence-electron chi connectivity index (χ1n) is 10.6. The summed E-state index contributed by atoms with van der Waals surface area (Å²) in [4.78, 5) is 56.1. The third-order valence-electron chi connectivity index (χ3n) is 5.92. The number of nitrogens with zero attached hydrogens (tertiary/aromatic N) is 4. The molecule has 1 aromatic rings. The van der Waals surface area contributed by atoms with Crippen molar-refractivity contribution in [1.29, 1.82) is 0 Å². The monoisotopic (exact) mass is 414 g/mol. The number of rotatable bonds is 7. The fourth-order valence-electron chi connectivity index (χ4n) is 4.12. The summed E-state index contributed by atoms with van der Waals surface area (Å²) in [5, 5.41) is 0. The van der Waals surface area contributed by atoms with Gasteiger partial charge in [-0.15, -0.1) is 0 Å². The first-order valence-corrected chi connectivity index (χ1v) is 10.6. The van der Waals surface area contributed by atoms with Gasteiger partial charge in [-0.25, -0.2) is 0 Å². The summed E-state index contributed by atoms with van der Waals surface area (Å²) < 4.78 is 0. The highest BCUT2D eigenvalue weighted by Gasteiger charge is 2.35. The third-order valence-corrected chi connectivity index (χ3v) is 5.92. The fourth-order valence-corrected chi connectivity index (χ4v) is 4.12. The van der Waals surface area contributed by atoms with Crippen molar-refractivity contribution in [1.82, 2.24) is 19.6 Å². The zero-order valence-corrected chi connectivity index (χ0v) is 17.7. The van der Waals surface area contributed by atoms with E-state index < -0.39 is 0 Å². The molecule has 2 fully saturated rings. The number of carbonyl (C=O) groups excluding carboxylic acids is 4. The Morgan fingerprint density at radius 2 is 1.43 bits per heavy atom. The summed E-state index contributed by atoms with van der Waals surface area (Å²) in [6, 6.07) is 9.43. The topological polar surface area (TPSA) is 81.2 Å². The van der Waals surface area contributed by atoms with E-state index in [1.807, 2.05) is 49.1 Å². The quantitative estimate of drug-likeness (QED) is 0.619. The number of imide groups is 1. The summed E-state index contributed by atoms with van der Waals surface area (Å²) in [6.45, 7) is 7.11. The predicted molar refractivity (Wildman–Crippen MR) is 111 cm³/mol. The molecule has 3 rings (SSSR count). The highest BCUT2D eigenvalue weighted by Crippen LogP contribution is 2.24. The molecular weight excluding hydrogens is 384 g/mol. The molecule has 0 radical (unpaired) electrons. The van der Waals surface area contributed by atoms with E-state index in [9.17, 15) is 19.2 Å². The minimum absolute atomic E-state index is 0.0434. The van der Waals surface area contributed by atoms with Crippen LogP contribution in [0, 0.1) is 0 Å². The van der Waals surface area contributed by atoms with Crippen LogP contribution in [0.25, 0.3) is 0 Å². The number of hydrogen-bond acceptors (Lipinski definition) is 5. The van der Waals surface area contributed by atoms with Gasteiger partial charge in [0.25, 0.3) is 0 Å². The van der Waals surface area contributed by atoms with Crippen LogP contribution in [0.3, 0.4) is 0 Å². The number of hydrogen-bond donors (Lipinski definition) is 0. The number of amides is 4. The van der Waals surface area contributed by atoms with E-state index in [-0.39, 0.29) is 49.1 Å². The van der Waals surface area contributed by atoms with Gasteiger partial charge < -0.3 is 9.80 Å². The highest BCUT2D eigenvalue weighted by atomic mass is 16.2. The van der Waals surface area contributed by atoms with E-state index >= 15 is 0 Å². The van der Waals surface area contributed by atoms with Crippen LogP contribution in [0.15, 0.2) is 30.3 Å². The molecule has 8 heteroatoms. The second-order valence-corrected chi connectivity index (χ2v) is 7.61. The van der Waals surface area contributed by atoms with Crippen LogP contribution in [0.5, 0.6) is 0 Å². The molecule has 0 saturated carbocycles. The van der Waals surface area contributed by atoms with Gasteiger partial charge in [0.1, 0.15) is 12.6 Å². The minimum Gasteiger partial charge on any atom is -0.338 e. The van der Waals surface area contributed by atoms with Crippen LogP contribution in [0.1, 0.15) is 38.3 Å². The number of benzene rings is 1. The van der Waals surface area contributed by atoms with Crippen molar-refractivity contribution in [2.45, 2.75) is 32.7 Å². The molecule has 0 spiro atoms. The Kier molecular flexibility index (Phi) is 7.20. The molecule has 0 aromatic heterocycles. The van der Waals surface area contributed by atoms with E-state index in [1.165, 1.54) is 0 Å². The van der Waals surface area contributed by atoms with Gasteiger partial charge in [0.05, 0.1) is 0 Å². The maximum Gasteiger partial charge on any atom is 0.244 e. The fraction of sp³-hybridized carbons (Fsp3) is 0.545. The summed E-state index contributed by atoms with van der Waals surface area (Å²) in [6.07, 6.45) is 0.362. The molecule has 1 atom stereocenters. The van der Waals surface area contributed by atoms with Gasteiger partial charge in [-0.05, 0) is 18.7 Å². The van der Waals surface area contributed by atoms with Gasteiger partial charge in [-0.3, -0.25) is 29.0 Å². The van der Waals surface area contributed by atoms with Crippen LogP contribution < -0.4 is 0 Å². The number of piperazine rings is 1. The summed E-state index contributed by atoms with van der Waals surface area (Å²) in [5.74, 6) is -0.768. The van der Waals surface area contributed by atoms with Crippen LogP contribution in [-0.2, 0) is 19.2 Å². The first-order chi connectivity index (χ1) is 14.5. The summed E-state index contributed by atoms with van der Waals surface area (Å²) in [5.41, 5.74) is 0.968. The molecule has 8 nitrogen and oxygen atoms in total. The van der Waals surface area contributed by atoms with Crippen molar-refractivity contribution in [3.8, 4) is 0 Å². The van der Waals surface area contributed by atoms with Crippen LogP contribution >= 0.6 is 0 Å². The van der Waals surface area contributed by atoms with Gasteiger partial charge in [0.15, 0.2) is 0 Å². The van der Waals surface area contributed by atoms with Crippen molar-refractivity contribution < 1.29 is 19.2 Å². The molecule has 2 aliphatic heterocycles. The van der Waals surface area contributed by atoms with Gasteiger partial charge in [0.2, 0.25) is 23.6 Å². The SMILES string of the molecule is CCN(CC)C(C(=O)N1CCN(C(=O)CN2C(=O)CCC2=O)CC1)c1ccccc1. The summed E-state index contributed by atoms with van der Waals surface area (Å²) in [7, 11) is 0. The van der Waals surface area contributed by atoms with Crippen molar-refractivity contribution in [3.63, 3.8) is 0 Å². The number of likely N-dealkylation sites (N-methyl/N-ethyl adjacent to an activating group) is 1. The largest absolute Gasteiger partial charge is 0.338 e. The Hall–Kier alpha value is -2.74. The predicted octanol–water partition coefficient (Wildman–Crippen LogP) is 0.889. The zero-order chi connectivity index (χ0) is 21.7. The van der Waals surface area contributed by atoms with Gasteiger partial charge in [-0.1, -0.05) is 44.2 Å². The zero-order valence-electron chi connectivity index (χ0n) is 17.7. The second-order valence-electron chi connectivity index (χ2n) is 7.61. The Labute approximate surface area is 177 Å². The van der Waals surface area contributed by atoms with Gasteiger partial charge in [0, 0.05) is 39.0 Å². The lowest BCUT2D eigenvalue weighted by molar-refractivity contribution is -0.147. The van der Waals surface area contributed by atoms with Crippen molar-refractivity contribution in [3.05, 3.63) is 35.9 Å². The molecule has 2 heterocycles. The summed E-state index contributed by atoms with van der Waals surface area (Å²) >= 11 is 0. The Balaban J connectivity index is 1.62. The maximum absolute atomic E-state index is 13.4. The average molecular weight is 415 g/mol. The molecule has 1 unspecified atom stereocenters. The van der Waals surface area contributed by atoms with Crippen LogP contribution in [-0.4, -0.2) is 89.0 Å². The Bertz CT molecular complexity index is 770. The molecule has 4 amide bonds. The lowest BCUT2D eigenvalue weighted by Crippen LogP contribution is -2.55. The maximum atomic E-state index is 13.4. The van der Waals surface area contributed by atoms with Crippen LogP contribution in [0.2, 0.25) is 0 Å². The average Bonchev–Trinajstić information content (AvgIpc) is 3.09. The third kappa shape index (κ3) is 4.70. The van der Waals surface area contributed by atoms with E-state index in [4.69, 9.17) is 0 Å². The Morgan fingerprint density at radius 1 is 0.900 bits per heavy atom. The van der Waals surface area contributed by atoms with E-state index in [2.05, 4.69) is 4.90 Å². The van der Waals surface area contributed by atoms with E-state index in [0.717, 1.165) is 23.6 Å². The number of carbonyl (C=O) groups is 4. The molecule has 30 heavy (non-hydrogen) atoms. The Morgan fingerprint density at radius 3 is 1.97 bits per heavy atom. The molecule has 0 aliphatic carbocycles. The first kappa shape index (κ1) is 22.0. The van der Waals surface area contributed by atoms with Crippen molar-refractivity contribution >= 4 is 23.6 Å². The van der Waals surface area contributed by atoms with Gasteiger partial charge in [-0.2, -0.15) is 0 Å². The molecule has 2 aliphatic rings. The molecule has 162 valence electrons. The van der Waals surface area contributed by atoms with Gasteiger partial charge >= 0.3 is 0 Å². The number of likely N-dealkylation sites (tertiary alicyclic amines) is 1. The highest BCUT2D eigenvalue weighted by molar-refractivity contribution is 6.04. The van der Waals surface area contributed by atoms with Crippen molar-refractivity contribution in [2.75, 3.05) is 45.8 Å². The molecule has 1 aromatic carbocycles. The van der Waals surface area contributed by atoms with Crippen LogP contribution in [0.4, 0.5) is 0 Å². The molecule has 0 bridgehead atoms. The van der Waals surface area contributed by atoms with E-state index in [0.29, 0.717) is 26.2 Å². The standard InChI is InChI=1S/C22H30N4O4/c1-3-23(4-2)21(17-8-6-5-7-9-17)22(30)25-14-12-24(13-15-25)20(29)16-26-18(27)10-11-19(26)28/h5-9,21H,3-4,10-16H2,1-2H3. The molecule has 0 N–H and O–H groups in total. The lowest BCUT2D eigenvalue weighted by Gasteiger charge is -2.39. The minimum atomic E-state index is -0.344. The second kappa shape index (κ2) is 9.84. The lowest BCUT2D eigenvalue weighted by atomic mass is 10.0.